The Balaban J connectivity index is 2.58. The van der Waals surface area contributed by atoms with Crippen LogP contribution in [0.4, 0.5) is 0 Å². The fourth-order valence-electron chi connectivity index (χ4n) is 3.70. The van der Waals surface area contributed by atoms with Crippen LogP contribution in [0.15, 0.2) is 41.8 Å². The minimum Gasteiger partial charge on any atom is -0.410 e. The molecule has 0 N–H and O–H groups in total. The number of hydrogen-bond acceptors (Lipinski definition) is 4. The van der Waals surface area contributed by atoms with Gasteiger partial charge in [0, 0.05) is 6.54 Å². The molecule has 0 radical (unpaired) electrons. The third-order valence-electron chi connectivity index (χ3n) is 8.00. The molecule has 194 valence electrons. The van der Waals surface area contributed by atoms with Crippen molar-refractivity contribution in [2.24, 2.45) is 0 Å². The Hall–Kier alpha value is -0.776. The van der Waals surface area contributed by atoms with Crippen LogP contribution < -0.4 is 0 Å². The van der Waals surface area contributed by atoms with E-state index >= 15 is 0 Å². The summed E-state index contributed by atoms with van der Waals surface area (Å²) < 4.78 is 43.2. The highest BCUT2D eigenvalue weighted by molar-refractivity contribution is 7.89. The molecule has 0 aromatic heterocycles. The number of rotatable bonds is 8. The van der Waals surface area contributed by atoms with Crippen molar-refractivity contribution in [3.8, 4) is 0 Å². The molecule has 0 unspecified atom stereocenters. The van der Waals surface area contributed by atoms with Crippen molar-refractivity contribution in [3.05, 3.63) is 42.5 Å². The second-order valence-corrected chi connectivity index (χ2v) is 24.1. The first kappa shape index (κ1) is 29.5. The summed E-state index contributed by atoms with van der Waals surface area (Å²) >= 11 is 0. The number of benzene rings is 1. The van der Waals surface area contributed by atoms with Crippen LogP contribution in [0.5, 0.6) is 0 Å². The van der Waals surface area contributed by atoms with E-state index in [1.807, 2.05) is 19.1 Å². The molecule has 34 heavy (non-hydrogen) atoms. The molecule has 1 saturated heterocycles. The maximum absolute atomic E-state index is 13.9. The van der Waals surface area contributed by atoms with Crippen LogP contribution in [0.3, 0.4) is 0 Å². The first-order valence-corrected chi connectivity index (χ1v) is 19.6. The van der Waals surface area contributed by atoms with Crippen LogP contribution in [-0.2, 0) is 18.9 Å². The van der Waals surface area contributed by atoms with Crippen LogP contribution >= 0.6 is 0 Å². The highest BCUT2D eigenvalue weighted by Gasteiger charge is 2.54. The van der Waals surface area contributed by atoms with Gasteiger partial charge in [0.25, 0.3) is 0 Å². The van der Waals surface area contributed by atoms with Crippen molar-refractivity contribution in [2.75, 3.05) is 6.54 Å². The molecular formula is C26H47NO4SSi2. The molecule has 0 amide bonds. The van der Waals surface area contributed by atoms with Gasteiger partial charge in [-0.15, -0.1) is 6.58 Å². The highest BCUT2D eigenvalue weighted by Crippen LogP contribution is 2.44. The highest BCUT2D eigenvalue weighted by atomic mass is 32.2. The van der Waals surface area contributed by atoms with Crippen LogP contribution in [0.2, 0.25) is 36.3 Å². The summed E-state index contributed by atoms with van der Waals surface area (Å²) in [4.78, 5) is 0.311. The summed E-state index contributed by atoms with van der Waals surface area (Å²) in [6.07, 6.45) is 1.66. The van der Waals surface area contributed by atoms with E-state index in [1.165, 1.54) is 0 Å². The molecule has 2 rings (SSSR count). The van der Waals surface area contributed by atoms with E-state index in [2.05, 4.69) is 74.3 Å². The predicted octanol–water partition coefficient (Wildman–Crippen LogP) is 6.72. The first-order valence-electron chi connectivity index (χ1n) is 12.3. The molecule has 1 aromatic carbocycles. The Labute approximate surface area is 211 Å². The standard InChI is InChI=1S/C26H47NO4SSi2/c1-13-14-22-24(31-34(11,12)26(6,7)8)23(30-33(9,10)25(3,4)5)19-27(22)32(28,29)21-17-15-20(2)16-18-21/h13,15-18,22-24H,1,14,19H2,2-12H3/t22-,23-,24+/m1/s1. The van der Waals surface area contributed by atoms with Gasteiger partial charge in [-0.1, -0.05) is 65.3 Å². The fraction of sp³-hybridized carbons (Fsp3) is 0.692. The molecule has 5 nitrogen and oxygen atoms in total. The number of hydrogen-bond donors (Lipinski definition) is 0. The van der Waals surface area contributed by atoms with Gasteiger partial charge in [0.15, 0.2) is 16.6 Å². The molecule has 1 aromatic rings. The molecule has 0 bridgehead atoms. The number of nitrogens with zero attached hydrogens (tertiary/aromatic N) is 1. The van der Waals surface area contributed by atoms with Crippen molar-refractivity contribution < 1.29 is 17.3 Å². The lowest BCUT2D eigenvalue weighted by molar-refractivity contribution is 0.0545. The first-order chi connectivity index (χ1) is 15.2. The molecule has 8 heteroatoms. The molecule has 3 atom stereocenters. The summed E-state index contributed by atoms with van der Waals surface area (Å²) in [5.74, 6) is 0. The summed E-state index contributed by atoms with van der Waals surface area (Å²) in [6.45, 7) is 28.3. The Morgan fingerprint density at radius 1 is 0.971 bits per heavy atom. The maximum Gasteiger partial charge on any atom is 0.243 e. The van der Waals surface area contributed by atoms with Gasteiger partial charge in [-0.2, -0.15) is 4.31 Å². The average Bonchev–Trinajstić information content (AvgIpc) is 2.97. The Morgan fingerprint density at radius 3 is 1.88 bits per heavy atom. The van der Waals surface area contributed by atoms with Gasteiger partial charge < -0.3 is 8.85 Å². The largest absolute Gasteiger partial charge is 0.410 e. The average molecular weight is 526 g/mol. The lowest BCUT2D eigenvalue weighted by atomic mass is 10.1. The van der Waals surface area contributed by atoms with Gasteiger partial charge in [0.05, 0.1) is 23.1 Å². The molecule has 0 spiro atoms. The van der Waals surface area contributed by atoms with Gasteiger partial charge in [-0.25, -0.2) is 8.42 Å². The van der Waals surface area contributed by atoms with Crippen molar-refractivity contribution >= 4 is 26.7 Å². The summed E-state index contributed by atoms with van der Waals surface area (Å²) in [5, 5.41) is 0.00220. The van der Waals surface area contributed by atoms with E-state index < -0.39 is 26.7 Å². The second-order valence-electron chi connectivity index (χ2n) is 12.7. The smallest absolute Gasteiger partial charge is 0.243 e. The minimum absolute atomic E-state index is 0.00347. The van der Waals surface area contributed by atoms with Crippen LogP contribution in [0.25, 0.3) is 0 Å². The minimum atomic E-state index is -3.72. The van der Waals surface area contributed by atoms with Crippen LogP contribution in [0, 0.1) is 6.92 Å². The van der Waals surface area contributed by atoms with E-state index in [1.54, 1.807) is 22.5 Å². The SMILES string of the molecule is C=CC[C@@H]1[C@H](O[Si](C)(C)C(C)(C)C)[C@H](O[Si](C)(C)C(C)(C)C)CN1S(=O)(=O)c1ccc(C)cc1. The van der Waals surface area contributed by atoms with E-state index in [4.69, 9.17) is 8.85 Å². The van der Waals surface area contributed by atoms with Gasteiger partial charge in [-0.05, 0) is 61.7 Å². The van der Waals surface area contributed by atoms with Crippen LogP contribution in [0.1, 0.15) is 53.5 Å². The van der Waals surface area contributed by atoms with Crippen molar-refractivity contribution in [1.29, 1.82) is 0 Å². The lowest BCUT2D eigenvalue weighted by Gasteiger charge is -2.44. The third kappa shape index (κ3) is 6.13. The third-order valence-corrected chi connectivity index (χ3v) is 18.9. The van der Waals surface area contributed by atoms with Gasteiger partial charge in [0.2, 0.25) is 10.0 Å². The maximum atomic E-state index is 13.9. The monoisotopic (exact) mass is 525 g/mol. The quantitative estimate of drug-likeness (QED) is 0.279. The molecule has 0 saturated carbocycles. The van der Waals surface area contributed by atoms with Crippen molar-refractivity contribution in [1.82, 2.24) is 4.31 Å². The molecule has 1 fully saturated rings. The van der Waals surface area contributed by atoms with Crippen molar-refractivity contribution in [2.45, 2.75) is 114 Å². The number of sulfonamides is 1. The second kappa shape index (κ2) is 9.94. The number of aryl methyl sites for hydroxylation is 1. The summed E-state index contributed by atoms with van der Waals surface area (Å²) in [6, 6.07) is 6.73. The zero-order valence-corrected chi connectivity index (χ0v) is 26.0. The van der Waals surface area contributed by atoms with Crippen molar-refractivity contribution in [3.63, 3.8) is 0 Å². The molecule has 1 aliphatic heterocycles. The Kier molecular flexibility index (Phi) is 8.61. The molecular weight excluding hydrogens is 479 g/mol. The van der Waals surface area contributed by atoms with E-state index in [9.17, 15) is 8.42 Å². The van der Waals surface area contributed by atoms with Gasteiger partial charge in [0.1, 0.15) is 0 Å². The Morgan fingerprint density at radius 2 is 1.44 bits per heavy atom. The zero-order valence-electron chi connectivity index (χ0n) is 23.2. The Bertz CT molecular complexity index is 960. The normalized spacial score (nSPS) is 23.3. The molecule has 1 heterocycles. The van der Waals surface area contributed by atoms with E-state index in [-0.39, 0.29) is 28.3 Å². The predicted molar refractivity (Wildman–Crippen MR) is 148 cm³/mol. The summed E-state index contributed by atoms with van der Waals surface area (Å²) in [5.41, 5.74) is 1.03. The fourth-order valence-corrected chi connectivity index (χ4v) is 8.02. The molecule has 0 aliphatic carbocycles. The molecule has 1 aliphatic rings. The van der Waals surface area contributed by atoms with Gasteiger partial charge in [-0.3, -0.25) is 0 Å². The topological polar surface area (TPSA) is 55.8 Å². The zero-order chi connectivity index (χ0) is 26.3. The van der Waals surface area contributed by atoms with Crippen LogP contribution in [-0.4, -0.2) is 54.2 Å². The lowest BCUT2D eigenvalue weighted by Crippen LogP contribution is -2.53. The van der Waals surface area contributed by atoms with E-state index in [0.29, 0.717) is 17.9 Å². The van der Waals surface area contributed by atoms with E-state index in [0.717, 1.165) is 5.56 Å². The van der Waals surface area contributed by atoms with Gasteiger partial charge >= 0.3 is 0 Å². The summed E-state index contributed by atoms with van der Waals surface area (Å²) in [7, 11) is -8.09.